The summed E-state index contributed by atoms with van der Waals surface area (Å²) in [6, 6.07) is 9.77. The summed E-state index contributed by atoms with van der Waals surface area (Å²) in [5.74, 6) is 0. The molecule has 0 N–H and O–H groups in total. The second-order valence-corrected chi connectivity index (χ2v) is 9.14. The zero-order valence-electron chi connectivity index (χ0n) is 13.4. The van der Waals surface area contributed by atoms with Crippen LogP contribution in [0, 0.1) is 0 Å². The quantitative estimate of drug-likeness (QED) is 0.661. The molecule has 2 bridgehead atoms. The second kappa shape index (κ2) is 5.33. The number of thiophene rings is 2. The maximum atomic E-state index is 2.66. The number of piperidine rings is 1. The summed E-state index contributed by atoms with van der Waals surface area (Å²) < 4.78 is 1.19. The van der Waals surface area contributed by atoms with Gasteiger partial charge in [0.1, 0.15) is 5.54 Å². The molecule has 4 rings (SSSR count). The molecule has 3 heteroatoms. The molecule has 0 aromatic carbocycles. The molecule has 2 atom stereocenters. The maximum absolute atomic E-state index is 2.66. The molecule has 116 valence electrons. The lowest BCUT2D eigenvalue weighted by molar-refractivity contribution is -0.948. The molecule has 0 radical (unpaired) electrons. The number of quaternary nitrogens is 1. The van der Waals surface area contributed by atoms with Gasteiger partial charge in [-0.25, -0.2) is 0 Å². The maximum Gasteiger partial charge on any atom is 0.119 e. The monoisotopic (exact) mass is 330 g/mol. The van der Waals surface area contributed by atoms with Gasteiger partial charge >= 0.3 is 0 Å². The Morgan fingerprint density at radius 1 is 1.09 bits per heavy atom. The van der Waals surface area contributed by atoms with Crippen molar-refractivity contribution in [3.63, 3.8) is 0 Å². The largest absolute Gasteiger partial charge is 0.318 e. The van der Waals surface area contributed by atoms with Crippen LogP contribution in [0.1, 0.15) is 41.9 Å². The Labute approximate surface area is 141 Å². The lowest BCUT2D eigenvalue weighted by Gasteiger charge is -2.49. The lowest BCUT2D eigenvalue weighted by Crippen LogP contribution is -2.60. The van der Waals surface area contributed by atoms with E-state index in [1.807, 2.05) is 22.7 Å². The van der Waals surface area contributed by atoms with Crippen LogP contribution in [-0.4, -0.2) is 30.2 Å². The third kappa shape index (κ3) is 2.14. The molecule has 2 aromatic rings. The van der Waals surface area contributed by atoms with Crippen LogP contribution in [0.5, 0.6) is 0 Å². The molecule has 2 aliphatic heterocycles. The van der Waals surface area contributed by atoms with Crippen molar-refractivity contribution in [1.29, 1.82) is 0 Å². The predicted octanol–water partition coefficient (Wildman–Crippen LogP) is 5.40. The highest BCUT2D eigenvalue weighted by Crippen LogP contribution is 2.50. The molecule has 2 aromatic heterocycles. The van der Waals surface area contributed by atoms with Crippen LogP contribution >= 0.6 is 22.7 Å². The van der Waals surface area contributed by atoms with Gasteiger partial charge in [-0.2, -0.15) is 0 Å². The minimum atomic E-state index is 0.340. The van der Waals surface area contributed by atoms with Crippen LogP contribution in [0.3, 0.4) is 0 Å². The van der Waals surface area contributed by atoms with Gasteiger partial charge in [0, 0.05) is 34.6 Å². The fraction of sp³-hybridized carbons (Fsp3) is 0.474. The Morgan fingerprint density at radius 2 is 1.77 bits per heavy atom. The predicted molar refractivity (Wildman–Crippen MR) is 97.4 cm³/mol. The Kier molecular flexibility index (Phi) is 3.55. The first-order valence-electron chi connectivity index (χ1n) is 8.27. The van der Waals surface area contributed by atoms with Crippen LogP contribution in [0.25, 0.3) is 5.57 Å². The smallest absolute Gasteiger partial charge is 0.119 e. The molecule has 0 saturated carbocycles. The van der Waals surface area contributed by atoms with E-state index in [0.717, 1.165) is 6.04 Å². The Bertz CT molecular complexity index is 626. The molecule has 2 fully saturated rings. The number of hydrogen-bond acceptors (Lipinski definition) is 2. The van der Waals surface area contributed by atoms with E-state index in [1.54, 1.807) is 0 Å². The van der Waals surface area contributed by atoms with Gasteiger partial charge < -0.3 is 4.48 Å². The lowest BCUT2D eigenvalue weighted by atomic mass is 9.84. The van der Waals surface area contributed by atoms with Gasteiger partial charge in [-0.1, -0.05) is 12.1 Å². The van der Waals surface area contributed by atoms with Gasteiger partial charge in [0.2, 0.25) is 0 Å². The molecule has 2 unspecified atom stereocenters. The topological polar surface area (TPSA) is 0 Å². The van der Waals surface area contributed by atoms with Crippen molar-refractivity contribution in [1.82, 2.24) is 0 Å². The van der Waals surface area contributed by atoms with Crippen molar-refractivity contribution >= 4 is 28.2 Å². The molecule has 0 aliphatic carbocycles. The van der Waals surface area contributed by atoms with E-state index in [2.05, 4.69) is 55.2 Å². The summed E-state index contributed by atoms with van der Waals surface area (Å²) >= 11 is 3.74. The fourth-order valence-corrected chi connectivity index (χ4v) is 6.20. The van der Waals surface area contributed by atoms with E-state index >= 15 is 0 Å². The van der Waals surface area contributed by atoms with Crippen molar-refractivity contribution in [3.8, 4) is 0 Å². The summed E-state index contributed by atoms with van der Waals surface area (Å²) in [7, 11) is 4.93. The van der Waals surface area contributed by atoms with Gasteiger partial charge in [-0.05, 0) is 41.8 Å². The zero-order valence-corrected chi connectivity index (χ0v) is 15.1. The normalized spacial score (nSPS) is 29.5. The van der Waals surface area contributed by atoms with Crippen LogP contribution in [-0.2, 0) is 0 Å². The van der Waals surface area contributed by atoms with E-state index in [-0.39, 0.29) is 0 Å². The number of fused-ring (bicyclic) bond motifs is 2. The highest BCUT2D eigenvalue weighted by atomic mass is 32.1. The first-order chi connectivity index (χ1) is 10.6. The first-order valence-corrected chi connectivity index (χ1v) is 10.0. The number of rotatable bonds is 3. The fourth-order valence-electron chi connectivity index (χ4n) is 4.62. The van der Waals surface area contributed by atoms with E-state index in [4.69, 9.17) is 0 Å². The summed E-state index contributed by atoms with van der Waals surface area (Å²) in [6.07, 6.45) is 9.55. The van der Waals surface area contributed by atoms with Gasteiger partial charge in [0.05, 0.1) is 20.1 Å². The number of nitrogens with zero attached hydrogens (tertiary/aromatic N) is 1. The van der Waals surface area contributed by atoms with Gasteiger partial charge in [-0.15, -0.1) is 22.7 Å². The molecular formula is C19H24NS2+. The first kappa shape index (κ1) is 14.7. The van der Waals surface area contributed by atoms with E-state index in [0.29, 0.717) is 5.54 Å². The summed E-state index contributed by atoms with van der Waals surface area (Å²) in [5, 5.41) is 4.40. The van der Waals surface area contributed by atoms with E-state index in [1.165, 1.54) is 51.9 Å². The number of hydrogen-bond donors (Lipinski definition) is 0. The summed E-state index contributed by atoms with van der Waals surface area (Å²) in [5.41, 5.74) is 1.81. The van der Waals surface area contributed by atoms with Crippen molar-refractivity contribution in [2.75, 3.05) is 14.1 Å². The molecule has 1 nitrogen and oxygen atoms in total. The third-order valence-electron chi connectivity index (χ3n) is 6.10. The van der Waals surface area contributed by atoms with E-state index < -0.39 is 0 Å². The van der Waals surface area contributed by atoms with E-state index in [9.17, 15) is 0 Å². The molecule has 4 heterocycles. The number of likely N-dealkylation sites (N-methyl/N-ethyl adjacent to an activating group) is 1. The van der Waals surface area contributed by atoms with Crippen LogP contribution in [0.2, 0.25) is 0 Å². The molecule has 2 saturated heterocycles. The zero-order chi connectivity index (χ0) is 15.2. The molecular weight excluding hydrogens is 306 g/mol. The van der Waals surface area contributed by atoms with Crippen molar-refractivity contribution < 1.29 is 4.48 Å². The second-order valence-electron chi connectivity index (χ2n) is 7.24. The average molecular weight is 331 g/mol. The van der Waals surface area contributed by atoms with Gasteiger partial charge in [-0.3, -0.25) is 0 Å². The van der Waals surface area contributed by atoms with Crippen LogP contribution < -0.4 is 0 Å². The molecule has 2 aliphatic rings. The van der Waals surface area contributed by atoms with Gasteiger partial charge in [0.15, 0.2) is 0 Å². The summed E-state index contributed by atoms with van der Waals surface area (Å²) in [4.78, 5) is 2.84. The third-order valence-corrected chi connectivity index (χ3v) is 7.91. The van der Waals surface area contributed by atoms with Gasteiger partial charge in [0.25, 0.3) is 0 Å². The van der Waals surface area contributed by atoms with Crippen molar-refractivity contribution in [3.05, 3.63) is 50.9 Å². The Hall–Kier alpha value is -0.900. The van der Waals surface area contributed by atoms with Crippen molar-refractivity contribution in [2.45, 2.75) is 43.7 Å². The highest BCUT2D eigenvalue weighted by molar-refractivity contribution is 7.13. The SMILES string of the molecule is C[N+]1(C)C2CCCC1(C=C(c1cccs1)c1cccs1)CC2. The Morgan fingerprint density at radius 3 is 2.36 bits per heavy atom. The molecule has 22 heavy (non-hydrogen) atoms. The van der Waals surface area contributed by atoms with Crippen LogP contribution in [0.15, 0.2) is 41.1 Å². The molecule has 0 spiro atoms. The highest BCUT2D eigenvalue weighted by Gasteiger charge is 2.56. The average Bonchev–Trinajstić information content (AvgIpc) is 3.19. The van der Waals surface area contributed by atoms with Crippen molar-refractivity contribution in [2.24, 2.45) is 0 Å². The van der Waals surface area contributed by atoms with Crippen LogP contribution in [0.4, 0.5) is 0 Å². The minimum Gasteiger partial charge on any atom is -0.318 e. The molecule has 0 amide bonds. The standard InChI is InChI=1S/C19H24NS2/c1-20(2)15-6-3-10-19(20,11-9-15)14-16(17-7-4-12-21-17)18-8-5-13-22-18/h4-5,7-8,12-15H,3,6,9-11H2,1-2H3/q+1. The minimum absolute atomic E-state index is 0.340. The Balaban J connectivity index is 1.84. The summed E-state index contributed by atoms with van der Waals surface area (Å²) in [6.45, 7) is 0.